The summed E-state index contributed by atoms with van der Waals surface area (Å²) in [4.78, 5) is 33.6. The molecular weight excluding hydrogens is 284 g/mol. The van der Waals surface area contributed by atoms with Crippen LogP contribution >= 0.6 is 0 Å². The summed E-state index contributed by atoms with van der Waals surface area (Å²) in [5.74, 6) is -2.48. The van der Waals surface area contributed by atoms with Gasteiger partial charge >= 0.3 is 5.97 Å². The number of hydrogen-bond donors (Lipinski definition) is 3. The summed E-state index contributed by atoms with van der Waals surface area (Å²) in [6, 6.07) is -1.29. The first-order chi connectivity index (χ1) is 9.18. The molecule has 0 aromatic heterocycles. The Morgan fingerprint density at radius 1 is 1.20 bits per heavy atom. The normalized spacial score (nSPS) is 16.6. The second-order valence-corrected chi connectivity index (χ2v) is 6.40. The van der Waals surface area contributed by atoms with E-state index >= 15 is 0 Å². The highest BCUT2D eigenvalue weighted by molar-refractivity contribution is 7.86. The number of aliphatic carboxylic acids is 1. The van der Waals surface area contributed by atoms with Gasteiger partial charge in [0.2, 0.25) is 11.8 Å². The maximum atomic E-state index is 12.0. The molecule has 20 heavy (non-hydrogen) atoms. The Morgan fingerprint density at radius 3 is 2.15 bits per heavy atom. The van der Waals surface area contributed by atoms with Crippen LogP contribution in [0.25, 0.3) is 0 Å². The van der Waals surface area contributed by atoms with Crippen molar-refractivity contribution < 1.29 is 23.7 Å². The van der Waals surface area contributed by atoms with E-state index < -0.39 is 34.0 Å². The molecule has 0 radical (unpaired) electrons. The highest BCUT2D eigenvalue weighted by Crippen LogP contribution is 2.02. The van der Waals surface area contributed by atoms with Gasteiger partial charge in [-0.2, -0.15) is 0 Å². The molecule has 116 valence electrons. The molecule has 4 atom stereocenters. The Balaban J connectivity index is 4.60. The minimum absolute atomic E-state index is 0.0347. The predicted octanol–water partition coefficient (Wildman–Crippen LogP) is -0.372. The quantitative estimate of drug-likeness (QED) is 0.566. The largest absolute Gasteiger partial charge is 0.480 e. The molecule has 0 heterocycles. The van der Waals surface area contributed by atoms with Gasteiger partial charge in [0.25, 0.3) is 0 Å². The van der Waals surface area contributed by atoms with Crippen LogP contribution in [0.2, 0.25) is 0 Å². The van der Waals surface area contributed by atoms with Gasteiger partial charge < -0.3 is 15.7 Å². The fourth-order valence-corrected chi connectivity index (χ4v) is 2.46. The molecule has 0 aliphatic heterocycles. The Bertz CT molecular complexity index is 399. The number of carbonyl (C=O) groups excluding carboxylic acids is 2. The molecule has 7 nitrogen and oxygen atoms in total. The summed E-state index contributed by atoms with van der Waals surface area (Å²) in [5.41, 5.74) is 0. The van der Waals surface area contributed by atoms with Crippen LogP contribution < -0.4 is 10.6 Å². The summed E-state index contributed by atoms with van der Waals surface area (Å²) in [6.07, 6.45) is 0.745. The Hall–Kier alpha value is -1.44. The molecule has 0 aromatic carbocycles. The lowest BCUT2D eigenvalue weighted by Crippen LogP contribution is -2.47. The van der Waals surface area contributed by atoms with Crippen LogP contribution in [0.4, 0.5) is 0 Å². The van der Waals surface area contributed by atoms with Crippen molar-refractivity contribution in [1.29, 1.82) is 0 Å². The van der Waals surface area contributed by atoms with Gasteiger partial charge in [-0.25, -0.2) is 4.79 Å². The molecule has 0 spiro atoms. The first-order valence-electron chi connectivity index (χ1n) is 6.36. The van der Waals surface area contributed by atoms with E-state index in [1.54, 1.807) is 0 Å². The van der Waals surface area contributed by atoms with E-state index in [1.807, 2.05) is 13.8 Å². The highest BCUT2D eigenvalue weighted by Gasteiger charge is 2.27. The first-order valence-corrected chi connectivity index (χ1v) is 7.74. The third-order valence-corrected chi connectivity index (χ3v) is 4.44. The van der Waals surface area contributed by atoms with E-state index in [-0.39, 0.29) is 17.7 Å². The maximum Gasteiger partial charge on any atom is 0.327 e. The molecular formula is C12H22N2O5S. The second kappa shape index (κ2) is 8.68. The van der Waals surface area contributed by atoms with Crippen LogP contribution in [0.15, 0.2) is 0 Å². The molecule has 0 bridgehead atoms. The van der Waals surface area contributed by atoms with Crippen molar-refractivity contribution in [2.75, 3.05) is 5.75 Å². The predicted molar refractivity (Wildman–Crippen MR) is 75.6 cm³/mol. The van der Waals surface area contributed by atoms with E-state index in [1.165, 1.54) is 13.8 Å². The summed E-state index contributed by atoms with van der Waals surface area (Å²) in [7, 11) is -1.69. The molecule has 3 unspecified atom stereocenters. The summed E-state index contributed by atoms with van der Waals surface area (Å²) in [6.45, 7) is 6.38. The van der Waals surface area contributed by atoms with Gasteiger partial charge in [0.05, 0.1) is 5.75 Å². The molecule has 0 aliphatic rings. The van der Waals surface area contributed by atoms with Crippen molar-refractivity contribution in [3.63, 3.8) is 0 Å². The fourth-order valence-electron chi connectivity index (χ4n) is 1.31. The molecule has 0 saturated carbocycles. The molecule has 0 aliphatic carbocycles. The summed E-state index contributed by atoms with van der Waals surface area (Å²) >= 11 is 0. The SMILES string of the molecule is CCC(C)NC(=O)C(C)S(=O)C[C@H](NC(C)=O)C(=O)O. The van der Waals surface area contributed by atoms with Crippen molar-refractivity contribution in [2.45, 2.75) is 51.4 Å². The minimum Gasteiger partial charge on any atom is -0.480 e. The number of nitrogens with one attached hydrogen (secondary N) is 2. The van der Waals surface area contributed by atoms with Crippen LogP contribution in [0.1, 0.15) is 34.1 Å². The van der Waals surface area contributed by atoms with Crippen molar-refractivity contribution >= 4 is 28.6 Å². The van der Waals surface area contributed by atoms with E-state index in [9.17, 15) is 18.6 Å². The van der Waals surface area contributed by atoms with E-state index in [0.29, 0.717) is 0 Å². The molecule has 0 aromatic rings. The molecule has 0 fully saturated rings. The number of carboxylic acid groups (broad SMARTS) is 1. The molecule has 0 saturated heterocycles. The number of amides is 2. The summed E-state index contributed by atoms with van der Waals surface area (Å²) < 4.78 is 12.0. The van der Waals surface area contributed by atoms with Crippen molar-refractivity contribution in [3.05, 3.63) is 0 Å². The van der Waals surface area contributed by atoms with Crippen LogP contribution in [0.5, 0.6) is 0 Å². The average molecular weight is 306 g/mol. The first kappa shape index (κ1) is 18.6. The zero-order valence-electron chi connectivity index (χ0n) is 12.1. The minimum atomic E-state index is -1.69. The zero-order valence-corrected chi connectivity index (χ0v) is 13.0. The van der Waals surface area contributed by atoms with Gasteiger partial charge in [0, 0.05) is 23.8 Å². The lowest BCUT2D eigenvalue weighted by molar-refractivity contribution is -0.140. The number of rotatable bonds is 8. The van der Waals surface area contributed by atoms with E-state index in [0.717, 1.165) is 6.42 Å². The van der Waals surface area contributed by atoms with Gasteiger partial charge in [0.1, 0.15) is 11.3 Å². The second-order valence-electron chi connectivity index (χ2n) is 4.60. The van der Waals surface area contributed by atoms with Crippen molar-refractivity contribution in [1.82, 2.24) is 10.6 Å². The smallest absolute Gasteiger partial charge is 0.327 e. The third-order valence-electron chi connectivity index (χ3n) is 2.77. The molecule has 3 N–H and O–H groups in total. The number of carboxylic acids is 1. The lowest BCUT2D eigenvalue weighted by atomic mass is 10.2. The molecule has 8 heteroatoms. The van der Waals surface area contributed by atoms with Crippen LogP contribution in [-0.4, -0.2) is 50.2 Å². The Kier molecular flexibility index (Phi) is 8.05. The average Bonchev–Trinajstić information content (AvgIpc) is 2.35. The summed E-state index contributed by atoms with van der Waals surface area (Å²) in [5, 5.41) is 13.0. The van der Waals surface area contributed by atoms with Crippen LogP contribution in [0, 0.1) is 0 Å². The standard InChI is InChI=1S/C12H22N2O5S/c1-5-7(2)13-11(16)8(3)20(19)6-10(12(17)18)14-9(4)15/h7-8,10H,5-6H2,1-4H3,(H,13,16)(H,14,15)(H,17,18)/t7?,8?,10-,20?/m0/s1. The lowest BCUT2D eigenvalue weighted by Gasteiger charge is -2.18. The van der Waals surface area contributed by atoms with Crippen molar-refractivity contribution in [3.8, 4) is 0 Å². The van der Waals surface area contributed by atoms with Crippen LogP contribution in [0.3, 0.4) is 0 Å². The highest BCUT2D eigenvalue weighted by atomic mass is 32.2. The fraction of sp³-hybridized carbons (Fsp3) is 0.750. The van der Waals surface area contributed by atoms with Gasteiger partial charge in [-0.1, -0.05) is 6.92 Å². The number of hydrogen-bond acceptors (Lipinski definition) is 4. The Morgan fingerprint density at radius 2 is 1.75 bits per heavy atom. The maximum absolute atomic E-state index is 12.0. The van der Waals surface area contributed by atoms with E-state index in [4.69, 9.17) is 5.11 Å². The monoisotopic (exact) mass is 306 g/mol. The van der Waals surface area contributed by atoms with Gasteiger partial charge in [-0.3, -0.25) is 13.8 Å². The molecule has 0 rings (SSSR count). The van der Waals surface area contributed by atoms with Gasteiger partial charge in [-0.05, 0) is 20.3 Å². The van der Waals surface area contributed by atoms with Gasteiger partial charge in [-0.15, -0.1) is 0 Å². The topological polar surface area (TPSA) is 113 Å². The zero-order chi connectivity index (χ0) is 15.9. The Labute approximate surface area is 121 Å². The van der Waals surface area contributed by atoms with Crippen LogP contribution in [-0.2, 0) is 25.2 Å². The third kappa shape index (κ3) is 6.65. The van der Waals surface area contributed by atoms with Crippen molar-refractivity contribution in [2.24, 2.45) is 0 Å². The van der Waals surface area contributed by atoms with Gasteiger partial charge in [0.15, 0.2) is 0 Å². The van der Waals surface area contributed by atoms with E-state index in [2.05, 4.69) is 10.6 Å². The molecule has 2 amide bonds. The number of carbonyl (C=O) groups is 3.